The number of hydrogen-bond acceptors (Lipinski definition) is 0. The molecular formula is C22H34. The molecule has 0 aliphatic carbocycles. The third kappa shape index (κ3) is 6.05. The van der Waals surface area contributed by atoms with Crippen LogP contribution in [-0.4, -0.2) is 0 Å². The van der Waals surface area contributed by atoms with Gasteiger partial charge in [-0.05, 0) is 25.0 Å². The van der Waals surface area contributed by atoms with Gasteiger partial charge >= 0.3 is 0 Å². The second kappa shape index (κ2) is 10.2. The fourth-order valence-electron chi connectivity index (χ4n) is 2.11. The molecule has 2 rings (SSSR count). The minimum Gasteiger partial charge on any atom is -0.0683 e. The maximum atomic E-state index is 2.28. The molecule has 0 saturated heterocycles. The van der Waals surface area contributed by atoms with Crippen molar-refractivity contribution in [3.8, 4) is 0 Å². The van der Waals surface area contributed by atoms with Gasteiger partial charge in [0, 0.05) is 5.41 Å². The van der Waals surface area contributed by atoms with Gasteiger partial charge in [0.1, 0.15) is 0 Å². The van der Waals surface area contributed by atoms with Crippen molar-refractivity contribution in [2.75, 3.05) is 0 Å². The van der Waals surface area contributed by atoms with Crippen molar-refractivity contribution in [1.29, 1.82) is 0 Å². The fraction of sp³-hybridized carbons (Fsp3) is 0.455. The van der Waals surface area contributed by atoms with Crippen LogP contribution >= 0.6 is 0 Å². The van der Waals surface area contributed by atoms with E-state index in [-0.39, 0.29) is 5.41 Å². The first-order chi connectivity index (χ1) is 10.4. The molecule has 122 valence electrons. The van der Waals surface area contributed by atoms with Crippen LogP contribution in [0.15, 0.2) is 48.5 Å². The molecule has 0 radical (unpaired) electrons. The molecular weight excluding hydrogens is 264 g/mol. The zero-order chi connectivity index (χ0) is 17.2. The van der Waals surface area contributed by atoms with Crippen molar-refractivity contribution >= 4 is 0 Å². The van der Waals surface area contributed by atoms with E-state index in [0.29, 0.717) is 0 Å². The molecule has 0 spiro atoms. The Bertz CT molecular complexity index is 453. The highest BCUT2D eigenvalue weighted by Crippen LogP contribution is 2.31. The molecule has 0 bridgehead atoms. The predicted molar refractivity (Wildman–Crippen MR) is 102 cm³/mol. The lowest BCUT2D eigenvalue weighted by atomic mass is 9.78. The number of aryl methyl sites for hydroxylation is 2. The summed E-state index contributed by atoms with van der Waals surface area (Å²) in [6.45, 7) is 17.1. The second-order valence-electron chi connectivity index (χ2n) is 6.06. The van der Waals surface area contributed by atoms with Crippen LogP contribution in [-0.2, 0) is 5.41 Å². The van der Waals surface area contributed by atoms with E-state index >= 15 is 0 Å². The Morgan fingerprint density at radius 1 is 0.636 bits per heavy atom. The Labute approximate surface area is 138 Å². The largest absolute Gasteiger partial charge is 0.0683 e. The summed E-state index contributed by atoms with van der Waals surface area (Å²) < 4.78 is 0. The average molecular weight is 299 g/mol. The minimum absolute atomic E-state index is 0.0708. The van der Waals surface area contributed by atoms with Gasteiger partial charge in [0.25, 0.3) is 0 Å². The maximum Gasteiger partial charge on any atom is 0.0146 e. The lowest BCUT2D eigenvalue weighted by Gasteiger charge is -2.26. The molecule has 0 atom stereocenters. The summed E-state index contributed by atoms with van der Waals surface area (Å²) in [5, 5.41) is 0. The summed E-state index contributed by atoms with van der Waals surface area (Å²) in [7, 11) is 0. The van der Waals surface area contributed by atoms with Crippen LogP contribution in [0.5, 0.6) is 0 Å². The molecule has 0 aliphatic heterocycles. The van der Waals surface area contributed by atoms with Crippen molar-refractivity contribution in [3.63, 3.8) is 0 Å². The monoisotopic (exact) mass is 298 g/mol. The molecule has 2 aromatic rings. The van der Waals surface area contributed by atoms with E-state index in [4.69, 9.17) is 0 Å². The lowest BCUT2D eigenvalue weighted by Crippen LogP contribution is -2.18. The van der Waals surface area contributed by atoms with E-state index in [1.807, 2.05) is 13.8 Å². The molecule has 0 N–H and O–H groups in total. The van der Waals surface area contributed by atoms with Crippen LogP contribution in [0.4, 0.5) is 0 Å². The van der Waals surface area contributed by atoms with E-state index in [2.05, 4.69) is 90.1 Å². The van der Waals surface area contributed by atoms with Gasteiger partial charge in [0.05, 0.1) is 0 Å². The zero-order valence-electron chi connectivity index (χ0n) is 15.8. The van der Waals surface area contributed by atoms with Crippen LogP contribution in [0.3, 0.4) is 0 Å². The van der Waals surface area contributed by atoms with Gasteiger partial charge in [-0.3, -0.25) is 0 Å². The second-order valence-corrected chi connectivity index (χ2v) is 6.06. The molecule has 0 heterocycles. The Balaban J connectivity index is 0.000000789. The van der Waals surface area contributed by atoms with Gasteiger partial charge in [-0.1, -0.05) is 108 Å². The Morgan fingerprint density at radius 2 is 0.864 bits per heavy atom. The zero-order valence-corrected chi connectivity index (χ0v) is 15.8. The molecule has 0 heteroatoms. The van der Waals surface area contributed by atoms with Gasteiger partial charge in [-0.15, -0.1) is 0 Å². The first kappa shape index (κ1) is 20.4. The highest BCUT2D eigenvalue weighted by molar-refractivity contribution is 5.39. The third-order valence-corrected chi connectivity index (χ3v) is 3.55. The van der Waals surface area contributed by atoms with Gasteiger partial charge in [0.2, 0.25) is 0 Å². The molecule has 0 saturated carbocycles. The number of hydrogen-bond donors (Lipinski definition) is 0. The maximum absolute atomic E-state index is 2.28. The highest BCUT2D eigenvalue weighted by atomic mass is 14.3. The first-order valence-electron chi connectivity index (χ1n) is 8.56. The van der Waals surface area contributed by atoms with E-state index in [1.165, 1.54) is 28.7 Å². The summed E-state index contributed by atoms with van der Waals surface area (Å²) in [6, 6.07) is 17.7. The van der Waals surface area contributed by atoms with E-state index in [0.717, 1.165) is 0 Å². The van der Waals surface area contributed by atoms with Crippen LogP contribution in [0.2, 0.25) is 0 Å². The molecule has 22 heavy (non-hydrogen) atoms. The van der Waals surface area contributed by atoms with E-state index < -0.39 is 0 Å². The standard InChI is InChI=1S/C17H20.C3H8.C2H6/c1-13-5-9-15(10-6-13)17(3,4)16-11-7-14(2)8-12-16;1-3-2;1-2/h5-12H,1-4H3;3H2,1-2H3;1-2H3. The van der Waals surface area contributed by atoms with Crippen molar-refractivity contribution in [1.82, 2.24) is 0 Å². The van der Waals surface area contributed by atoms with Crippen molar-refractivity contribution in [2.45, 2.75) is 67.2 Å². The summed E-state index contributed by atoms with van der Waals surface area (Å²) >= 11 is 0. The normalized spacial score (nSPS) is 10.0. The minimum atomic E-state index is 0.0708. The average Bonchev–Trinajstić information content (AvgIpc) is 2.51. The lowest BCUT2D eigenvalue weighted by molar-refractivity contribution is 0.640. The summed E-state index contributed by atoms with van der Waals surface area (Å²) in [4.78, 5) is 0. The molecule has 0 unspecified atom stereocenters. The molecule has 0 aromatic heterocycles. The van der Waals surface area contributed by atoms with Crippen molar-refractivity contribution in [3.05, 3.63) is 70.8 Å². The predicted octanol–water partition coefficient (Wildman–Crippen LogP) is 7.07. The summed E-state index contributed by atoms with van der Waals surface area (Å²) in [6.07, 6.45) is 1.25. The summed E-state index contributed by atoms with van der Waals surface area (Å²) in [5.74, 6) is 0. The Hall–Kier alpha value is -1.56. The summed E-state index contributed by atoms with van der Waals surface area (Å²) in [5.41, 5.74) is 5.43. The van der Waals surface area contributed by atoms with Crippen molar-refractivity contribution < 1.29 is 0 Å². The van der Waals surface area contributed by atoms with Crippen LogP contribution < -0.4 is 0 Å². The molecule has 2 aromatic carbocycles. The van der Waals surface area contributed by atoms with Crippen LogP contribution in [0, 0.1) is 13.8 Å². The highest BCUT2D eigenvalue weighted by Gasteiger charge is 2.22. The smallest absolute Gasteiger partial charge is 0.0146 e. The molecule has 0 nitrogen and oxygen atoms in total. The van der Waals surface area contributed by atoms with Gasteiger partial charge < -0.3 is 0 Å². The molecule has 0 aliphatic rings. The quantitative estimate of drug-likeness (QED) is 0.556. The Kier molecular flexibility index (Phi) is 9.49. The van der Waals surface area contributed by atoms with Gasteiger partial charge in [-0.2, -0.15) is 0 Å². The number of rotatable bonds is 2. The van der Waals surface area contributed by atoms with Crippen molar-refractivity contribution in [2.24, 2.45) is 0 Å². The first-order valence-corrected chi connectivity index (χ1v) is 8.56. The van der Waals surface area contributed by atoms with E-state index in [9.17, 15) is 0 Å². The SMILES string of the molecule is CC.CCC.Cc1ccc(C(C)(C)c2ccc(C)cc2)cc1. The fourth-order valence-corrected chi connectivity index (χ4v) is 2.11. The molecule has 0 amide bonds. The Morgan fingerprint density at radius 3 is 1.09 bits per heavy atom. The van der Waals surface area contributed by atoms with Gasteiger partial charge in [0.15, 0.2) is 0 Å². The topological polar surface area (TPSA) is 0 Å². The van der Waals surface area contributed by atoms with Crippen LogP contribution in [0.25, 0.3) is 0 Å². The van der Waals surface area contributed by atoms with Gasteiger partial charge in [-0.25, -0.2) is 0 Å². The number of benzene rings is 2. The van der Waals surface area contributed by atoms with E-state index in [1.54, 1.807) is 0 Å². The van der Waals surface area contributed by atoms with Crippen LogP contribution in [0.1, 0.15) is 70.2 Å². The molecule has 0 fully saturated rings. The third-order valence-electron chi connectivity index (χ3n) is 3.55.